The number of nitrogens with zero attached hydrogens (tertiary/aromatic N) is 4. The lowest BCUT2D eigenvalue weighted by Crippen LogP contribution is -2.35. The zero-order valence-corrected chi connectivity index (χ0v) is 17.1. The molecule has 0 bridgehead atoms. The maximum atomic E-state index is 10.8. The monoisotopic (exact) mass is 382 g/mol. The number of aryl methyl sites for hydroxylation is 1. The second-order valence-electron chi connectivity index (χ2n) is 7.83. The van der Waals surface area contributed by atoms with Crippen molar-refractivity contribution in [3.05, 3.63) is 41.3 Å². The minimum absolute atomic E-state index is 0.462. The molecule has 2 aromatic heterocycles. The van der Waals surface area contributed by atoms with Gasteiger partial charge in [0.05, 0.1) is 12.3 Å². The zero-order valence-electron chi connectivity index (χ0n) is 17.1. The molecule has 1 aliphatic heterocycles. The summed E-state index contributed by atoms with van der Waals surface area (Å²) in [4.78, 5) is 26.5. The van der Waals surface area contributed by atoms with Crippen molar-refractivity contribution in [2.45, 2.75) is 52.4 Å². The Hall–Kier alpha value is -2.50. The van der Waals surface area contributed by atoms with E-state index in [1.807, 2.05) is 19.3 Å². The molecule has 0 aliphatic carbocycles. The molecule has 3 heterocycles. The summed E-state index contributed by atoms with van der Waals surface area (Å²) in [6.07, 6.45) is 9.23. The molecule has 0 saturated carbocycles. The van der Waals surface area contributed by atoms with E-state index in [-0.39, 0.29) is 0 Å². The highest BCUT2D eigenvalue weighted by Crippen LogP contribution is 2.25. The summed E-state index contributed by atoms with van der Waals surface area (Å²) in [6.45, 7) is 8.83. The molecule has 0 radical (unpaired) electrons. The summed E-state index contributed by atoms with van der Waals surface area (Å²) in [5, 5.41) is 0. The third-order valence-corrected chi connectivity index (χ3v) is 5.46. The Bertz CT molecular complexity index is 769. The first kappa shape index (κ1) is 20.2. The van der Waals surface area contributed by atoms with Crippen molar-refractivity contribution in [2.24, 2.45) is 5.92 Å². The van der Waals surface area contributed by atoms with Crippen LogP contribution in [0.15, 0.2) is 24.5 Å². The maximum Gasteiger partial charge on any atom is 0.225 e. The van der Waals surface area contributed by atoms with Crippen LogP contribution in [0.2, 0.25) is 0 Å². The number of aldehydes is 1. The number of carbonyl (C=O) groups is 1. The van der Waals surface area contributed by atoms with Crippen LogP contribution < -0.4 is 9.64 Å². The fourth-order valence-corrected chi connectivity index (χ4v) is 3.52. The van der Waals surface area contributed by atoms with Gasteiger partial charge >= 0.3 is 0 Å². The first-order valence-electron chi connectivity index (χ1n) is 10.2. The number of aromatic nitrogens is 3. The number of ether oxygens (including phenoxy) is 1. The highest BCUT2D eigenvalue weighted by Gasteiger charge is 2.20. The van der Waals surface area contributed by atoms with Gasteiger partial charge in [-0.1, -0.05) is 13.8 Å². The van der Waals surface area contributed by atoms with Crippen LogP contribution >= 0.6 is 0 Å². The highest BCUT2D eigenvalue weighted by molar-refractivity contribution is 5.76. The number of hydrogen-bond donors (Lipinski definition) is 0. The Morgan fingerprint density at radius 2 is 1.93 bits per heavy atom. The van der Waals surface area contributed by atoms with Gasteiger partial charge in [-0.3, -0.25) is 4.79 Å². The number of pyridine rings is 1. The van der Waals surface area contributed by atoms with Gasteiger partial charge in [0.25, 0.3) is 0 Å². The summed E-state index contributed by atoms with van der Waals surface area (Å²) in [7, 11) is 0. The largest absolute Gasteiger partial charge is 0.478 e. The van der Waals surface area contributed by atoms with Crippen LogP contribution in [0.1, 0.15) is 67.1 Å². The molecule has 1 fully saturated rings. The van der Waals surface area contributed by atoms with Crippen LogP contribution in [0, 0.1) is 12.8 Å². The van der Waals surface area contributed by atoms with Crippen LogP contribution in [0.5, 0.6) is 5.88 Å². The van der Waals surface area contributed by atoms with Crippen LogP contribution in [0.4, 0.5) is 5.95 Å². The molecule has 2 aromatic rings. The highest BCUT2D eigenvalue weighted by atomic mass is 16.5. The van der Waals surface area contributed by atoms with E-state index in [1.54, 1.807) is 12.1 Å². The molecule has 0 atom stereocenters. The SMILES string of the molecule is Cc1nc(OCCCC2CCN(c3ncc(C(C)C)cn3)CC2)ccc1C=O. The third-order valence-electron chi connectivity index (χ3n) is 5.46. The fourth-order valence-electron chi connectivity index (χ4n) is 3.52. The minimum Gasteiger partial charge on any atom is -0.478 e. The molecule has 6 nitrogen and oxygen atoms in total. The van der Waals surface area contributed by atoms with Crippen LogP contribution in [0.25, 0.3) is 0 Å². The van der Waals surface area contributed by atoms with Gasteiger partial charge in [-0.25, -0.2) is 15.0 Å². The van der Waals surface area contributed by atoms with Crippen LogP contribution in [-0.2, 0) is 0 Å². The topological polar surface area (TPSA) is 68.2 Å². The average molecular weight is 383 g/mol. The Kier molecular flexibility index (Phi) is 6.95. The molecule has 3 rings (SSSR count). The number of anilines is 1. The summed E-state index contributed by atoms with van der Waals surface area (Å²) >= 11 is 0. The van der Waals surface area contributed by atoms with E-state index in [4.69, 9.17) is 4.74 Å². The van der Waals surface area contributed by atoms with Gasteiger partial charge in [-0.2, -0.15) is 0 Å². The van der Waals surface area contributed by atoms with Crippen molar-refractivity contribution in [3.63, 3.8) is 0 Å². The first-order valence-corrected chi connectivity index (χ1v) is 10.2. The maximum absolute atomic E-state index is 10.8. The summed E-state index contributed by atoms with van der Waals surface area (Å²) in [5.74, 6) is 2.64. The second-order valence-corrected chi connectivity index (χ2v) is 7.83. The van der Waals surface area contributed by atoms with Crippen molar-refractivity contribution < 1.29 is 9.53 Å². The lowest BCUT2D eigenvalue weighted by Gasteiger charge is -2.32. The molecular formula is C22H30N4O2. The van der Waals surface area contributed by atoms with Gasteiger partial charge in [-0.05, 0) is 56.1 Å². The van der Waals surface area contributed by atoms with E-state index < -0.39 is 0 Å². The number of piperidine rings is 1. The Labute approximate surface area is 167 Å². The molecule has 0 spiro atoms. The van der Waals surface area contributed by atoms with E-state index in [2.05, 4.69) is 33.7 Å². The predicted octanol–water partition coefficient (Wildman–Crippen LogP) is 4.19. The van der Waals surface area contributed by atoms with Crippen LogP contribution in [-0.4, -0.2) is 40.9 Å². The average Bonchev–Trinajstić information content (AvgIpc) is 2.72. The lowest BCUT2D eigenvalue weighted by atomic mass is 9.92. The molecule has 0 N–H and O–H groups in total. The molecular weight excluding hydrogens is 352 g/mol. The van der Waals surface area contributed by atoms with Gasteiger partial charge in [0, 0.05) is 37.1 Å². The van der Waals surface area contributed by atoms with Crippen molar-refractivity contribution >= 4 is 12.2 Å². The molecule has 150 valence electrons. The zero-order chi connectivity index (χ0) is 19.9. The standard InChI is InChI=1S/C22H30N4O2/c1-16(2)20-13-23-22(24-14-20)26-10-8-18(9-11-26)5-4-12-28-21-7-6-19(15-27)17(3)25-21/h6-7,13-16,18H,4-5,8-12H2,1-3H3. The van der Waals surface area contributed by atoms with Gasteiger partial charge in [0.15, 0.2) is 6.29 Å². The number of hydrogen-bond acceptors (Lipinski definition) is 6. The number of carbonyl (C=O) groups excluding carboxylic acids is 1. The summed E-state index contributed by atoms with van der Waals surface area (Å²) < 4.78 is 5.74. The van der Waals surface area contributed by atoms with E-state index in [1.165, 1.54) is 18.4 Å². The van der Waals surface area contributed by atoms with Gasteiger partial charge in [0.1, 0.15) is 0 Å². The Morgan fingerprint density at radius 3 is 2.54 bits per heavy atom. The van der Waals surface area contributed by atoms with E-state index in [9.17, 15) is 4.79 Å². The molecule has 1 saturated heterocycles. The molecule has 0 amide bonds. The Balaban J connectivity index is 1.37. The van der Waals surface area contributed by atoms with Crippen LogP contribution in [0.3, 0.4) is 0 Å². The van der Waals surface area contributed by atoms with E-state index in [0.717, 1.165) is 44.1 Å². The molecule has 1 aliphatic rings. The van der Waals surface area contributed by atoms with Gasteiger partial charge in [-0.15, -0.1) is 0 Å². The van der Waals surface area contributed by atoms with Gasteiger partial charge < -0.3 is 9.64 Å². The number of rotatable bonds is 8. The minimum atomic E-state index is 0.462. The second kappa shape index (κ2) is 9.62. The van der Waals surface area contributed by atoms with Gasteiger partial charge in [0.2, 0.25) is 11.8 Å². The lowest BCUT2D eigenvalue weighted by molar-refractivity contribution is 0.112. The van der Waals surface area contributed by atoms with Crippen molar-refractivity contribution in [3.8, 4) is 5.88 Å². The van der Waals surface area contributed by atoms with Crippen molar-refractivity contribution in [1.29, 1.82) is 0 Å². The summed E-state index contributed by atoms with van der Waals surface area (Å²) in [6, 6.07) is 3.52. The molecule has 6 heteroatoms. The fraction of sp³-hybridized carbons (Fsp3) is 0.545. The van der Waals surface area contributed by atoms with E-state index in [0.29, 0.717) is 29.7 Å². The molecule has 0 unspecified atom stereocenters. The normalized spacial score (nSPS) is 15.1. The molecule has 0 aromatic carbocycles. The Morgan fingerprint density at radius 1 is 1.21 bits per heavy atom. The molecule has 28 heavy (non-hydrogen) atoms. The third kappa shape index (κ3) is 5.27. The van der Waals surface area contributed by atoms with Crippen molar-refractivity contribution in [2.75, 3.05) is 24.6 Å². The quantitative estimate of drug-likeness (QED) is 0.504. The van der Waals surface area contributed by atoms with E-state index >= 15 is 0 Å². The predicted molar refractivity (Wildman–Crippen MR) is 110 cm³/mol. The smallest absolute Gasteiger partial charge is 0.225 e. The summed E-state index contributed by atoms with van der Waals surface area (Å²) in [5.41, 5.74) is 2.51. The van der Waals surface area contributed by atoms with Crippen molar-refractivity contribution in [1.82, 2.24) is 15.0 Å². The first-order chi connectivity index (χ1) is 13.6.